The van der Waals surface area contributed by atoms with Crippen molar-refractivity contribution >= 4 is 46.1 Å². The molecule has 6 rings (SSSR count). The van der Waals surface area contributed by atoms with Gasteiger partial charge in [0.25, 0.3) is 5.91 Å². The molecule has 2 fully saturated rings. The van der Waals surface area contributed by atoms with Crippen LogP contribution in [0, 0.1) is 0 Å². The van der Waals surface area contributed by atoms with Crippen LogP contribution >= 0.6 is 23.2 Å². The fourth-order valence-electron chi connectivity index (χ4n) is 6.74. The van der Waals surface area contributed by atoms with Crippen LogP contribution in [0.25, 0.3) is 11.0 Å². The van der Waals surface area contributed by atoms with Crippen molar-refractivity contribution in [3.05, 3.63) is 94.0 Å². The predicted molar refractivity (Wildman–Crippen MR) is 175 cm³/mol. The Balaban J connectivity index is 1.10. The highest BCUT2D eigenvalue weighted by molar-refractivity contribution is 6.42. The molecule has 0 radical (unpaired) electrons. The van der Waals surface area contributed by atoms with Crippen LogP contribution in [0.1, 0.15) is 41.6 Å². The maximum absolute atomic E-state index is 13.4. The summed E-state index contributed by atoms with van der Waals surface area (Å²) >= 11 is 12.7. The summed E-state index contributed by atoms with van der Waals surface area (Å²) in [5.41, 5.74) is 3.01. The minimum absolute atomic E-state index is 0.0296. The van der Waals surface area contributed by atoms with E-state index < -0.39 is 13.0 Å². The van der Waals surface area contributed by atoms with Gasteiger partial charge in [-0.2, -0.15) is 0 Å². The summed E-state index contributed by atoms with van der Waals surface area (Å²) in [6.45, 7) is 3.37. The number of para-hydroxylation sites is 2. The second-order valence-electron chi connectivity index (χ2n) is 12.1. The first-order valence-electron chi connectivity index (χ1n) is 15.5. The molecule has 0 bridgehead atoms. The number of carbonyl (C=O) groups excluding carboxylic acids is 1. The molecule has 4 aromatic rings. The van der Waals surface area contributed by atoms with E-state index in [1.54, 1.807) is 4.57 Å². The van der Waals surface area contributed by atoms with Crippen LogP contribution in [0.15, 0.2) is 72.8 Å². The van der Waals surface area contributed by atoms with Crippen LogP contribution in [0.3, 0.4) is 0 Å². The molecule has 0 spiro atoms. The van der Waals surface area contributed by atoms with E-state index in [9.17, 15) is 18.0 Å². The molecule has 46 heavy (non-hydrogen) atoms. The first-order valence-corrected chi connectivity index (χ1v) is 16.3. The highest BCUT2D eigenvalue weighted by Gasteiger charge is 2.42. The third kappa shape index (κ3) is 7.46. The van der Waals surface area contributed by atoms with Gasteiger partial charge in [0.15, 0.2) is 0 Å². The van der Waals surface area contributed by atoms with Crippen LogP contribution in [0.2, 0.25) is 10.0 Å². The van der Waals surface area contributed by atoms with Gasteiger partial charge in [-0.15, -0.1) is 13.2 Å². The first-order chi connectivity index (χ1) is 22.1. The summed E-state index contributed by atoms with van der Waals surface area (Å²) in [5, 5.41) is 4.51. The number of ether oxygens (including phenoxy) is 1. The molecule has 7 nitrogen and oxygen atoms in total. The maximum atomic E-state index is 13.4. The van der Waals surface area contributed by atoms with Crippen molar-refractivity contribution in [1.29, 1.82) is 0 Å². The molecule has 1 unspecified atom stereocenters. The molecule has 1 N–H and O–H groups in total. The number of piperidine rings is 1. The molecule has 2 saturated heterocycles. The van der Waals surface area contributed by atoms with Gasteiger partial charge in [0, 0.05) is 49.7 Å². The van der Waals surface area contributed by atoms with Gasteiger partial charge in [-0.1, -0.05) is 59.6 Å². The van der Waals surface area contributed by atoms with Gasteiger partial charge in [0.2, 0.25) is 5.95 Å². The minimum atomic E-state index is -4.68. The SMILES string of the molecule is O=C(c1ccccc1)N1CCC(CCN2CCC(Nc3nc4ccccc4n3CCOC(F)(F)F)CC2)(c2ccc(Cl)c(Cl)c2)C1. The molecule has 3 aromatic carbocycles. The standard InChI is InChI=1S/C34H36Cl2F3N5O2/c35-27-11-10-25(22-28(27)36)33(15-19-43(23-33)31(45)24-6-2-1-3-7-24)14-18-42-16-12-26(13-17-42)40-32-41-29-8-4-5-9-30(29)44(32)20-21-46-34(37,38)39/h1-11,22,26H,12-21,23H2,(H,40,41). The third-order valence-electron chi connectivity index (χ3n) is 9.26. The van der Waals surface area contributed by atoms with E-state index >= 15 is 0 Å². The number of amides is 1. The number of hydrogen-bond acceptors (Lipinski definition) is 5. The lowest BCUT2D eigenvalue weighted by Gasteiger charge is -2.36. The van der Waals surface area contributed by atoms with Crippen molar-refractivity contribution in [2.75, 3.05) is 44.6 Å². The van der Waals surface area contributed by atoms with Gasteiger partial charge < -0.3 is 19.7 Å². The Kier molecular flexibility index (Phi) is 9.80. The molecule has 1 atom stereocenters. The number of imidazole rings is 1. The number of rotatable bonds is 10. The largest absolute Gasteiger partial charge is 0.522 e. The van der Waals surface area contributed by atoms with Gasteiger partial charge in [-0.3, -0.25) is 9.53 Å². The number of anilines is 1. The fraction of sp³-hybridized carbons (Fsp3) is 0.412. The quantitative estimate of drug-likeness (QED) is 0.188. The molecule has 12 heteroatoms. The number of nitrogens with one attached hydrogen (secondary N) is 1. The summed E-state index contributed by atoms with van der Waals surface area (Å²) in [4.78, 5) is 22.4. The van der Waals surface area contributed by atoms with Crippen molar-refractivity contribution in [3.8, 4) is 0 Å². The molecule has 0 aliphatic carbocycles. The Bertz CT molecular complexity index is 1660. The van der Waals surface area contributed by atoms with Gasteiger partial charge in [0.1, 0.15) is 0 Å². The number of benzene rings is 3. The van der Waals surface area contributed by atoms with Crippen LogP contribution < -0.4 is 5.32 Å². The molecular weight excluding hydrogens is 638 g/mol. The minimum Gasteiger partial charge on any atom is -0.353 e. The lowest BCUT2D eigenvalue weighted by atomic mass is 9.76. The van der Waals surface area contributed by atoms with Gasteiger partial charge in [0.05, 0.1) is 27.7 Å². The Morgan fingerprint density at radius 1 is 0.957 bits per heavy atom. The first kappa shape index (κ1) is 32.6. The van der Waals surface area contributed by atoms with Crippen LogP contribution in [-0.4, -0.2) is 77.0 Å². The third-order valence-corrected chi connectivity index (χ3v) is 10.00. The molecule has 3 heterocycles. The second-order valence-corrected chi connectivity index (χ2v) is 12.9. The van der Waals surface area contributed by atoms with Gasteiger partial charge in [-0.05, 0) is 74.2 Å². The number of alkyl halides is 3. The number of nitrogens with zero attached hydrogens (tertiary/aromatic N) is 4. The lowest BCUT2D eigenvalue weighted by Crippen LogP contribution is -2.42. The molecule has 2 aliphatic heterocycles. The zero-order valence-corrected chi connectivity index (χ0v) is 26.8. The summed E-state index contributed by atoms with van der Waals surface area (Å²) in [6.07, 6.45) is -1.27. The summed E-state index contributed by atoms with van der Waals surface area (Å²) in [6, 6.07) is 22.7. The Hall–Kier alpha value is -3.31. The number of hydrogen-bond donors (Lipinski definition) is 1. The Labute approximate surface area is 276 Å². The van der Waals surface area contributed by atoms with E-state index in [1.807, 2.05) is 77.7 Å². The molecular formula is C34H36Cl2F3N5O2. The monoisotopic (exact) mass is 673 g/mol. The van der Waals surface area contributed by atoms with Crippen molar-refractivity contribution in [2.45, 2.75) is 50.0 Å². The number of halogens is 5. The van der Waals surface area contributed by atoms with Crippen molar-refractivity contribution in [3.63, 3.8) is 0 Å². The van der Waals surface area contributed by atoms with Gasteiger partial charge >= 0.3 is 6.36 Å². The summed E-state index contributed by atoms with van der Waals surface area (Å²) in [7, 11) is 0. The van der Waals surface area contributed by atoms with Crippen molar-refractivity contribution < 1.29 is 22.7 Å². The highest BCUT2D eigenvalue weighted by Crippen LogP contribution is 2.41. The Morgan fingerprint density at radius 2 is 1.70 bits per heavy atom. The summed E-state index contributed by atoms with van der Waals surface area (Å²) < 4.78 is 43.8. The zero-order valence-electron chi connectivity index (χ0n) is 25.3. The van der Waals surface area contributed by atoms with E-state index in [4.69, 9.17) is 23.2 Å². The predicted octanol–water partition coefficient (Wildman–Crippen LogP) is 7.63. The summed E-state index contributed by atoms with van der Waals surface area (Å²) in [5.74, 6) is 0.587. The number of carbonyl (C=O) groups is 1. The number of fused-ring (bicyclic) bond motifs is 1. The highest BCUT2D eigenvalue weighted by atomic mass is 35.5. The molecule has 2 aliphatic rings. The van der Waals surface area contributed by atoms with E-state index in [2.05, 4.69) is 19.9 Å². The number of aromatic nitrogens is 2. The van der Waals surface area contributed by atoms with Crippen molar-refractivity contribution in [2.24, 2.45) is 0 Å². The molecule has 0 saturated carbocycles. The maximum Gasteiger partial charge on any atom is 0.522 e. The normalized spacial score (nSPS) is 19.6. The topological polar surface area (TPSA) is 62.6 Å². The fourth-order valence-corrected chi connectivity index (χ4v) is 7.04. The van der Waals surface area contributed by atoms with E-state index in [-0.39, 0.29) is 23.9 Å². The van der Waals surface area contributed by atoms with Crippen molar-refractivity contribution in [1.82, 2.24) is 19.4 Å². The van der Waals surface area contributed by atoms with Gasteiger partial charge in [-0.25, -0.2) is 4.98 Å². The van der Waals surface area contributed by atoms with Crippen LogP contribution in [0.4, 0.5) is 19.1 Å². The van der Waals surface area contributed by atoms with E-state index in [1.165, 1.54) is 0 Å². The lowest BCUT2D eigenvalue weighted by molar-refractivity contribution is -0.325. The smallest absolute Gasteiger partial charge is 0.353 e. The average molecular weight is 675 g/mol. The average Bonchev–Trinajstić information content (AvgIpc) is 3.64. The second kappa shape index (κ2) is 13.8. The van der Waals surface area contributed by atoms with Crippen LogP contribution in [0.5, 0.6) is 0 Å². The molecule has 244 valence electrons. The van der Waals surface area contributed by atoms with E-state index in [0.717, 1.165) is 61.9 Å². The Morgan fingerprint density at radius 3 is 2.43 bits per heavy atom. The number of likely N-dealkylation sites (tertiary alicyclic amines) is 2. The molecule has 1 amide bonds. The zero-order chi connectivity index (χ0) is 32.3. The van der Waals surface area contributed by atoms with E-state index in [0.29, 0.717) is 34.6 Å². The van der Waals surface area contributed by atoms with Crippen LogP contribution in [-0.2, 0) is 16.7 Å². The molecule has 1 aromatic heterocycles.